The summed E-state index contributed by atoms with van der Waals surface area (Å²) < 4.78 is 0. The summed E-state index contributed by atoms with van der Waals surface area (Å²) in [5, 5.41) is 3.31. The molecule has 0 unspecified atom stereocenters. The molecule has 0 saturated carbocycles. The molecule has 132 valence electrons. The third-order valence-electron chi connectivity index (χ3n) is 4.26. The predicted octanol–water partition coefficient (Wildman–Crippen LogP) is 5.05. The molecule has 0 fully saturated rings. The van der Waals surface area contributed by atoms with Gasteiger partial charge in [0.05, 0.1) is 11.9 Å². The van der Waals surface area contributed by atoms with E-state index in [4.69, 9.17) is 0 Å². The number of nitrogens with one attached hydrogen (secondary N) is 1. The van der Waals surface area contributed by atoms with Gasteiger partial charge in [0.2, 0.25) is 0 Å². The van der Waals surface area contributed by atoms with Crippen LogP contribution in [0.3, 0.4) is 0 Å². The molecule has 1 aromatic heterocycles. The third-order valence-corrected chi connectivity index (χ3v) is 4.26. The van der Waals surface area contributed by atoms with E-state index in [2.05, 4.69) is 29.4 Å². The monoisotopic (exact) mass is 345 g/mol. The number of rotatable bonds is 6. The molecule has 4 heteroatoms. The molecule has 2 aromatic carbocycles. The van der Waals surface area contributed by atoms with E-state index in [-0.39, 0.29) is 5.91 Å². The third kappa shape index (κ3) is 4.09. The van der Waals surface area contributed by atoms with Gasteiger partial charge >= 0.3 is 0 Å². The Morgan fingerprint density at radius 2 is 1.62 bits per heavy atom. The molecule has 0 radical (unpaired) electrons. The van der Waals surface area contributed by atoms with Gasteiger partial charge in [-0.25, -0.2) is 4.98 Å². The number of para-hydroxylation sites is 1. The summed E-state index contributed by atoms with van der Waals surface area (Å²) in [7, 11) is 0. The maximum Gasteiger partial charge on any atom is 0.276 e. The van der Waals surface area contributed by atoms with E-state index in [0.717, 1.165) is 23.5 Å². The molecule has 0 atom stereocenters. The van der Waals surface area contributed by atoms with Crippen molar-refractivity contribution in [1.82, 2.24) is 4.98 Å². The van der Waals surface area contributed by atoms with Crippen molar-refractivity contribution in [3.8, 4) is 0 Å². The van der Waals surface area contributed by atoms with Crippen molar-refractivity contribution in [2.24, 2.45) is 0 Å². The van der Waals surface area contributed by atoms with Gasteiger partial charge in [-0.2, -0.15) is 0 Å². The number of pyridine rings is 1. The van der Waals surface area contributed by atoms with Crippen LogP contribution < -0.4 is 10.2 Å². The Labute approximate surface area is 154 Å². The number of aryl methyl sites for hydroxylation is 1. The zero-order chi connectivity index (χ0) is 18.4. The minimum atomic E-state index is -0.0995. The van der Waals surface area contributed by atoms with Crippen molar-refractivity contribution in [2.75, 3.05) is 16.8 Å². The summed E-state index contributed by atoms with van der Waals surface area (Å²) in [6.45, 7) is 4.69. The number of aromatic nitrogens is 1. The van der Waals surface area contributed by atoms with Gasteiger partial charge < -0.3 is 10.2 Å². The Balaban J connectivity index is 1.72. The SMILES string of the molecule is CCc1ccc(Nc2ccc(C(=O)N(CC)c3ccccc3)nc2)cc1. The van der Waals surface area contributed by atoms with Gasteiger partial charge in [0, 0.05) is 17.9 Å². The number of hydrogen-bond donors (Lipinski definition) is 1. The van der Waals surface area contributed by atoms with Crippen LogP contribution in [0.1, 0.15) is 29.9 Å². The van der Waals surface area contributed by atoms with Gasteiger partial charge in [0.25, 0.3) is 5.91 Å². The molecule has 0 aliphatic rings. The van der Waals surface area contributed by atoms with Crippen LogP contribution in [0.5, 0.6) is 0 Å². The lowest BCUT2D eigenvalue weighted by Crippen LogP contribution is -2.31. The Hall–Kier alpha value is -3.14. The number of anilines is 3. The molecule has 0 bridgehead atoms. The van der Waals surface area contributed by atoms with E-state index >= 15 is 0 Å². The average Bonchev–Trinajstić information content (AvgIpc) is 2.70. The highest BCUT2D eigenvalue weighted by Crippen LogP contribution is 2.19. The van der Waals surface area contributed by atoms with Crippen molar-refractivity contribution >= 4 is 23.0 Å². The molecule has 4 nitrogen and oxygen atoms in total. The molecule has 0 aliphatic carbocycles. The Kier molecular flexibility index (Phi) is 5.64. The zero-order valence-electron chi connectivity index (χ0n) is 15.1. The van der Waals surface area contributed by atoms with Crippen molar-refractivity contribution < 1.29 is 4.79 Å². The maximum atomic E-state index is 12.8. The van der Waals surface area contributed by atoms with Crippen LogP contribution in [-0.2, 0) is 6.42 Å². The maximum absolute atomic E-state index is 12.8. The summed E-state index contributed by atoms with van der Waals surface area (Å²) >= 11 is 0. The van der Waals surface area contributed by atoms with E-state index in [1.807, 2.05) is 55.5 Å². The normalized spacial score (nSPS) is 10.4. The number of amides is 1. The lowest BCUT2D eigenvalue weighted by atomic mass is 10.1. The first-order chi connectivity index (χ1) is 12.7. The van der Waals surface area contributed by atoms with Gasteiger partial charge in [0.1, 0.15) is 5.69 Å². The summed E-state index contributed by atoms with van der Waals surface area (Å²) in [6, 6.07) is 21.6. The highest BCUT2D eigenvalue weighted by molar-refractivity contribution is 6.04. The average molecular weight is 345 g/mol. The highest BCUT2D eigenvalue weighted by atomic mass is 16.2. The van der Waals surface area contributed by atoms with Crippen LogP contribution in [0, 0.1) is 0 Å². The number of benzene rings is 2. The smallest absolute Gasteiger partial charge is 0.276 e. The van der Waals surface area contributed by atoms with Crippen LogP contribution in [0.25, 0.3) is 0 Å². The molecule has 1 amide bonds. The fourth-order valence-corrected chi connectivity index (χ4v) is 2.77. The second-order valence-corrected chi connectivity index (χ2v) is 5.99. The number of nitrogens with zero attached hydrogens (tertiary/aromatic N) is 2. The topological polar surface area (TPSA) is 45.2 Å². The van der Waals surface area contributed by atoms with Crippen LogP contribution in [0.15, 0.2) is 72.9 Å². The van der Waals surface area contributed by atoms with Crippen LogP contribution >= 0.6 is 0 Å². The molecular formula is C22H23N3O. The Morgan fingerprint density at radius 1 is 0.923 bits per heavy atom. The van der Waals surface area contributed by atoms with Crippen LogP contribution in [0.4, 0.5) is 17.1 Å². The lowest BCUT2D eigenvalue weighted by Gasteiger charge is -2.20. The van der Waals surface area contributed by atoms with E-state index in [9.17, 15) is 4.79 Å². The first-order valence-electron chi connectivity index (χ1n) is 8.90. The quantitative estimate of drug-likeness (QED) is 0.679. The van der Waals surface area contributed by atoms with Crippen LogP contribution in [0.2, 0.25) is 0 Å². The van der Waals surface area contributed by atoms with Crippen molar-refractivity contribution in [3.05, 3.63) is 84.2 Å². The molecule has 3 rings (SSSR count). The van der Waals surface area contributed by atoms with Crippen LogP contribution in [-0.4, -0.2) is 17.4 Å². The zero-order valence-corrected chi connectivity index (χ0v) is 15.1. The molecule has 0 spiro atoms. The first-order valence-corrected chi connectivity index (χ1v) is 8.90. The standard InChI is InChI=1S/C22H23N3O/c1-3-17-10-12-18(13-11-17)24-19-14-15-21(23-16-19)22(26)25(4-2)20-8-6-5-7-9-20/h5-16,24H,3-4H2,1-2H3. The lowest BCUT2D eigenvalue weighted by molar-refractivity contribution is 0.0983. The molecule has 0 saturated heterocycles. The van der Waals surface area contributed by atoms with E-state index in [1.54, 1.807) is 17.2 Å². The summed E-state index contributed by atoms with van der Waals surface area (Å²) in [5.41, 5.74) is 4.47. The summed E-state index contributed by atoms with van der Waals surface area (Å²) in [4.78, 5) is 18.8. The van der Waals surface area contributed by atoms with E-state index in [1.165, 1.54) is 5.56 Å². The van der Waals surface area contributed by atoms with Crippen molar-refractivity contribution in [2.45, 2.75) is 20.3 Å². The summed E-state index contributed by atoms with van der Waals surface area (Å²) in [6.07, 6.45) is 2.72. The van der Waals surface area contributed by atoms with Gasteiger partial charge in [-0.15, -0.1) is 0 Å². The summed E-state index contributed by atoms with van der Waals surface area (Å²) in [5.74, 6) is -0.0995. The van der Waals surface area contributed by atoms with Crippen molar-refractivity contribution in [3.63, 3.8) is 0 Å². The second-order valence-electron chi connectivity index (χ2n) is 5.99. The fourth-order valence-electron chi connectivity index (χ4n) is 2.77. The first kappa shape index (κ1) is 17.7. The van der Waals surface area contributed by atoms with Gasteiger partial charge in [0.15, 0.2) is 0 Å². The molecule has 1 N–H and O–H groups in total. The largest absolute Gasteiger partial charge is 0.354 e. The van der Waals surface area contributed by atoms with E-state index in [0.29, 0.717) is 12.2 Å². The second kappa shape index (κ2) is 8.30. The fraction of sp³-hybridized carbons (Fsp3) is 0.182. The minimum Gasteiger partial charge on any atom is -0.354 e. The highest BCUT2D eigenvalue weighted by Gasteiger charge is 2.17. The molecule has 0 aliphatic heterocycles. The molecule has 1 heterocycles. The molecular weight excluding hydrogens is 322 g/mol. The van der Waals surface area contributed by atoms with E-state index < -0.39 is 0 Å². The Bertz CT molecular complexity index is 843. The van der Waals surface area contributed by atoms with Gasteiger partial charge in [-0.3, -0.25) is 4.79 Å². The molecule has 3 aromatic rings. The minimum absolute atomic E-state index is 0.0995. The molecule has 26 heavy (non-hydrogen) atoms. The van der Waals surface area contributed by atoms with Crippen molar-refractivity contribution in [1.29, 1.82) is 0 Å². The number of hydrogen-bond acceptors (Lipinski definition) is 3. The predicted molar refractivity (Wildman–Crippen MR) is 107 cm³/mol. The Morgan fingerprint density at radius 3 is 2.19 bits per heavy atom. The van der Waals surface area contributed by atoms with Gasteiger partial charge in [-0.05, 0) is 55.3 Å². The van der Waals surface area contributed by atoms with Gasteiger partial charge in [-0.1, -0.05) is 37.3 Å². The number of carbonyl (C=O) groups is 1. The number of carbonyl (C=O) groups excluding carboxylic acids is 1.